The van der Waals surface area contributed by atoms with E-state index in [1.807, 2.05) is 36.9 Å². The van der Waals surface area contributed by atoms with Crippen LogP contribution in [0.4, 0.5) is 0 Å². The number of pyridine rings is 1. The summed E-state index contributed by atoms with van der Waals surface area (Å²) in [6.07, 6.45) is 2.50. The van der Waals surface area contributed by atoms with Gasteiger partial charge in [0, 0.05) is 28.4 Å². The molecule has 1 aliphatic carbocycles. The quantitative estimate of drug-likeness (QED) is 0.587. The minimum Gasteiger partial charge on any atom is -0.357 e. The van der Waals surface area contributed by atoms with Gasteiger partial charge in [0.25, 0.3) is 0 Å². The number of aryl methyl sites for hydroxylation is 1. The summed E-state index contributed by atoms with van der Waals surface area (Å²) in [7, 11) is 0. The zero-order valence-corrected chi connectivity index (χ0v) is 15.8. The van der Waals surface area contributed by atoms with Gasteiger partial charge >= 0.3 is 0 Å². The van der Waals surface area contributed by atoms with Crippen molar-refractivity contribution in [2.24, 2.45) is 4.99 Å². The lowest BCUT2D eigenvalue weighted by molar-refractivity contribution is 0.767. The van der Waals surface area contributed by atoms with Gasteiger partial charge in [0.1, 0.15) is 0 Å². The second kappa shape index (κ2) is 8.39. The fourth-order valence-electron chi connectivity index (χ4n) is 2.63. The average molecular weight is 355 g/mol. The predicted octanol–water partition coefficient (Wildman–Crippen LogP) is 3.77. The molecule has 0 atom stereocenters. The van der Waals surface area contributed by atoms with Crippen LogP contribution in [-0.4, -0.2) is 28.8 Å². The Kier molecular flexibility index (Phi) is 5.97. The van der Waals surface area contributed by atoms with Crippen molar-refractivity contribution in [3.63, 3.8) is 0 Å². The van der Waals surface area contributed by atoms with Crippen molar-refractivity contribution in [2.75, 3.05) is 13.1 Å². The standard InChI is InChI=1S/C20H26N4S/c1-3-21-19(22-14-17-9-7-8-16(2)24-17)23-15-20(12-13-20)25-18-10-5-4-6-11-18/h4-11H,3,12-15H2,1-2H3,(H2,21,22,23). The summed E-state index contributed by atoms with van der Waals surface area (Å²) in [5.41, 5.74) is 2.03. The lowest BCUT2D eigenvalue weighted by Gasteiger charge is -2.18. The van der Waals surface area contributed by atoms with Crippen LogP contribution in [0.25, 0.3) is 0 Å². The average Bonchev–Trinajstić information content (AvgIpc) is 3.38. The van der Waals surface area contributed by atoms with Crippen molar-refractivity contribution in [1.29, 1.82) is 0 Å². The Hall–Kier alpha value is -2.01. The molecule has 1 aliphatic rings. The van der Waals surface area contributed by atoms with Crippen LogP contribution in [-0.2, 0) is 6.54 Å². The van der Waals surface area contributed by atoms with E-state index in [4.69, 9.17) is 0 Å². The van der Waals surface area contributed by atoms with Gasteiger partial charge in [-0.15, -0.1) is 11.8 Å². The Bertz CT molecular complexity index is 711. The maximum Gasteiger partial charge on any atom is 0.191 e. The van der Waals surface area contributed by atoms with Crippen molar-refractivity contribution in [3.05, 3.63) is 59.9 Å². The third-order valence-electron chi connectivity index (χ3n) is 4.15. The molecule has 2 N–H and O–H groups in total. The van der Waals surface area contributed by atoms with Gasteiger partial charge in [-0.3, -0.25) is 4.98 Å². The number of hydrogen-bond donors (Lipinski definition) is 2. The number of aromatic nitrogens is 1. The molecule has 0 amide bonds. The number of hydrogen-bond acceptors (Lipinski definition) is 3. The Morgan fingerprint density at radius 2 is 1.92 bits per heavy atom. The zero-order valence-electron chi connectivity index (χ0n) is 15.0. The normalized spacial score (nSPS) is 15.7. The van der Waals surface area contributed by atoms with Crippen molar-refractivity contribution in [3.8, 4) is 0 Å². The molecule has 0 radical (unpaired) electrons. The first-order valence-corrected chi connectivity index (χ1v) is 9.69. The maximum atomic E-state index is 4.69. The lowest BCUT2D eigenvalue weighted by Crippen LogP contribution is -2.41. The molecule has 1 heterocycles. The highest BCUT2D eigenvalue weighted by molar-refractivity contribution is 8.01. The highest BCUT2D eigenvalue weighted by Gasteiger charge is 2.43. The van der Waals surface area contributed by atoms with Crippen LogP contribution in [0.15, 0.2) is 58.4 Å². The molecule has 0 bridgehead atoms. The number of rotatable bonds is 7. The summed E-state index contributed by atoms with van der Waals surface area (Å²) in [4.78, 5) is 10.5. The van der Waals surface area contributed by atoms with Gasteiger partial charge < -0.3 is 10.6 Å². The van der Waals surface area contributed by atoms with Gasteiger partial charge in [-0.05, 0) is 51.0 Å². The predicted molar refractivity (Wildman–Crippen MR) is 106 cm³/mol. The van der Waals surface area contributed by atoms with E-state index < -0.39 is 0 Å². The van der Waals surface area contributed by atoms with Crippen molar-refractivity contribution in [2.45, 2.75) is 42.9 Å². The third kappa shape index (κ3) is 5.49. The highest BCUT2D eigenvalue weighted by Crippen LogP contribution is 2.51. The van der Waals surface area contributed by atoms with Crippen molar-refractivity contribution in [1.82, 2.24) is 15.6 Å². The van der Waals surface area contributed by atoms with Gasteiger partial charge in [-0.1, -0.05) is 24.3 Å². The Morgan fingerprint density at radius 1 is 1.12 bits per heavy atom. The number of benzene rings is 1. The van der Waals surface area contributed by atoms with E-state index in [0.29, 0.717) is 11.3 Å². The maximum absolute atomic E-state index is 4.69. The summed E-state index contributed by atoms with van der Waals surface area (Å²) in [5.74, 6) is 0.866. The molecule has 4 nitrogen and oxygen atoms in total. The SMILES string of the molecule is CCNC(=NCc1cccc(C)n1)NCC1(Sc2ccccc2)CC1. The Morgan fingerprint density at radius 3 is 2.60 bits per heavy atom. The summed E-state index contributed by atoms with van der Waals surface area (Å²) in [6, 6.07) is 16.7. The number of nitrogens with zero attached hydrogens (tertiary/aromatic N) is 2. The first-order chi connectivity index (χ1) is 12.2. The number of nitrogens with one attached hydrogen (secondary N) is 2. The van der Waals surface area contributed by atoms with Crippen LogP contribution in [0.3, 0.4) is 0 Å². The molecule has 2 aromatic rings. The molecule has 0 unspecified atom stereocenters. The van der Waals surface area contributed by atoms with Crippen LogP contribution < -0.4 is 10.6 Å². The van der Waals surface area contributed by atoms with E-state index in [9.17, 15) is 0 Å². The highest BCUT2D eigenvalue weighted by atomic mass is 32.2. The minimum atomic E-state index is 0.305. The third-order valence-corrected chi connectivity index (χ3v) is 5.65. The van der Waals surface area contributed by atoms with Gasteiger partial charge in [-0.2, -0.15) is 0 Å². The molecule has 0 saturated heterocycles. The van der Waals surface area contributed by atoms with E-state index in [1.54, 1.807) is 0 Å². The topological polar surface area (TPSA) is 49.3 Å². The van der Waals surface area contributed by atoms with Gasteiger partial charge in [0.2, 0.25) is 0 Å². The first kappa shape index (κ1) is 17.8. The molecule has 0 spiro atoms. The molecule has 5 heteroatoms. The van der Waals surface area contributed by atoms with E-state index >= 15 is 0 Å². The summed E-state index contributed by atoms with van der Waals surface area (Å²) < 4.78 is 0.305. The van der Waals surface area contributed by atoms with Crippen molar-refractivity contribution >= 4 is 17.7 Å². The molecular formula is C20H26N4S. The molecule has 1 saturated carbocycles. The molecule has 1 fully saturated rings. The fraction of sp³-hybridized carbons (Fsp3) is 0.400. The zero-order chi connectivity index (χ0) is 17.5. The molecule has 3 rings (SSSR count). The molecule has 132 valence electrons. The largest absolute Gasteiger partial charge is 0.357 e. The minimum absolute atomic E-state index is 0.305. The monoisotopic (exact) mass is 354 g/mol. The summed E-state index contributed by atoms with van der Waals surface area (Å²) in [5, 5.41) is 6.85. The van der Waals surface area contributed by atoms with E-state index in [2.05, 4.69) is 57.9 Å². The van der Waals surface area contributed by atoms with E-state index in [-0.39, 0.29) is 0 Å². The van der Waals surface area contributed by atoms with E-state index in [0.717, 1.165) is 30.4 Å². The van der Waals surface area contributed by atoms with Gasteiger partial charge in [0.05, 0.1) is 12.2 Å². The van der Waals surface area contributed by atoms with Crippen LogP contribution in [0.5, 0.6) is 0 Å². The van der Waals surface area contributed by atoms with E-state index in [1.165, 1.54) is 17.7 Å². The molecule has 1 aromatic heterocycles. The number of aliphatic imine (C=N–C) groups is 1. The molecular weight excluding hydrogens is 328 g/mol. The van der Waals surface area contributed by atoms with Crippen molar-refractivity contribution < 1.29 is 0 Å². The van der Waals surface area contributed by atoms with Crippen LogP contribution in [0.1, 0.15) is 31.2 Å². The first-order valence-electron chi connectivity index (χ1n) is 8.88. The fourth-order valence-corrected chi connectivity index (χ4v) is 3.87. The molecule has 25 heavy (non-hydrogen) atoms. The number of guanidine groups is 1. The van der Waals surface area contributed by atoms with Crippen LogP contribution >= 0.6 is 11.8 Å². The summed E-state index contributed by atoms with van der Waals surface area (Å²) in [6.45, 7) is 6.48. The number of thioether (sulfide) groups is 1. The smallest absolute Gasteiger partial charge is 0.191 e. The Balaban J connectivity index is 1.57. The second-order valence-corrected chi connectivity index (χ2v) is 7.96. The van der Waals surface area contributed by atoms with Crippen LogP contribution in [0, 0.1) is 6.92 Å². The molecule has 0 aliphatic heterocycles. The van der Waals surface area contributed by atoms with Gasteiger partial charge in [-0.25, -0.2) is 4.99 Å². The summed E-state index contributed by atoms with van der Waals surface area (Å²) >= 11 is 1.98. The van der Waals surface area contributed by atoms with Gasteiger partial charge in [0.15, 0.2) is 5.96 Å². The molecule has 1 aromatic carbocycles. The van der Waals surface area contributed by atoms with Crippen LogP contribution in [0.2, 0.25) is 0 Å². The lowest BCUT2D eigenvalue weighted by atomic mass is 10.3. The second-order valence-electron chi connectivity index (χ2n) is 6.42. The Labute approximate surface area is 154 Å².